The second-order valence-corrected chi connectivity index (χ2v) is 7.31. The molecule has 2 aromatic carbocycles. The molecule has 2 aliphatic heterocycles. The molecule has 2 atom stereocenters. The van der Waals surface area contributed by atoms with E-state index >= 15 is 0 Å². The Morgan fingerprint density at radius 2 is 1.77 bits per heavy atom. The molecule has 2 aliphatic rings. The number of rotatable bonds is 3. The standard InChI is InChI=1S/C22H26N2O2/c1-16-14-23-15-21(16)20-5-3-2-4-19(20)17-6-8-18(9-7-17)22(25)24-10-12-26-13-11-24/h2-9,16,21,23H,10-15H2,1H3. The average molecular weight is 350 g/mol. The molecule has 0 saturated carbocycles. The van der Waals surface area contributed by atoms with Gasteiger partial charge in [-0.2, -0.15) is 0 Å². The first-order valence-electron chi connectivity index (χ1n) is 9.51. The number of ether oxygens (including phenoxy) is 1. The van der Waals surface area contributed by atoms with E-state index in [0.717, 1.165) is 18.7 Å². The monoisotopic (exact) mass is 350 g/mol. The molecule has 1 N–H and O–H groups in total. The van der Waals surface area contributed by atoms with Crippen molar-refractivity contribution < 1.29 is 9.53 Å². The first-order chi connectivity index (χ1) is 12.7. The molecule has 0 aromatic heterocycles. The van der Waals surface area contributed by atoms with Gasteiger partial charge in [-0.15, -0.1) is 0 Å². The molecule has 0 radical (unpaired) electrons. The molecule has 4 rings (SSSR count). The summed E-state index contributed by atoms with van der Waals surface area (Å²) in [6.07, 6.45) is 0. The summed E-state index contributed by atoms with van der Waals surface area (Å²) in [6, 6.07) is 16.7. The van der Waals surface area contributed by atoms with Crippen molar-refractivity contribution in [2.45, 2.75) is 12.8 Å². The van der Waals surface area contributed by atoms with E-state index in [-0.39, 0.29) is 5.91 Å². The molecule has 2 heterocycles. The topological polar surface area (TPSA) is 41.6 Å². The Balaban J connectivity index is 1.58. The fourth-order valence-corrected chi connectivity index (χ4v) is 4.05. The Morgan fingerprint density at radius 3 is 2.46 bits per heavy atom. The van der Waals surface area contributed by atoms with Crippen molar-refractivity contribution in [3.63, 3.8) is 0 Å². The van der Waals surface area contributed by atoms with Gasteiger partial charge in [0.1, 0.15) is 0 Å². The van der Waals surface area contributed by atoms with Gasteiger partial charge < -0.3 is 15.0 Å². The van der Waals surface area contributed by atoms with Crippen molar-refractivity contribution in [3.05, 3.63) is 59.7 Å². The Morgan fingerprint density at radius 1 is 1.04 bits per heavy atom. The average Bonchev–Trinajstić information content (AvgIpc) is 3.14. The van der Waals surface area contributed by atoms with Gasteiger partial charge >= 0.3 is 0 Å². The summed E-state index contributed by atoms with van der Waals surface area (Å²) in [5.41, 5.74) is 4.61. The minimum atomic E-state index is 0.0988. The quantitative estimate of drug-likeness (QED) is 0.925. The molecule has 0 aliphatic carbocycles. The van der Waals surface area contributed by atoms with Crippen molar-refractivity contribution in [3.8, 4) is 11.1 Å². The summed E-state index contributed by atoms with van der Waals surface area (Å²) in [5.74, 6) is 1.28. The zero-order chi connectivity index (χ0) is 17.9. The van der Waals surface area contributed by atoms with E-state index < -0.39 is 0 Å². The molecule has 0 bridgehead atoms. The van der Waals surface area contributed by atoms with Crippen LogP contribution in [0.1, 0.15) is 28.8 Å². The summed E-state index contributed by atoms with van der Waals surface area (Å²) in [6.45, 7) is 7.03. The molecule has 0 spiro atoms. The van der Waals surface area contributed by atoms with Crippen LogP contribution in [0.25, 0.3) is 11.1 Å². The summed E-state index contributed by atoms with van der Waals surface area (Å²) in [5, 5.41) is 3.50. The molecule has 2 fully saturated rings. The third-order valence-electron chi connectivity index (χ3n) is 5.62. The van der Waals surface area contributed by atoms with Crippen molar-refractivity contribution in [2.24, 2.45) is 5.92 Å². The second-order valence-electron chi connectivity index (χ2n) is 7.31. The molecule has 136 valence electrons. The fraction of sp³-hybridized carbons (Fsp3) is 0.409. The van der Waals surface area contributed by atoms with Crippen molar-refractivity contribution >= 4 is 5.91 Å². The number of hydrogen-bond donors (Lipinski definition) is 1. The Kier molecular flexibility index (Phi) is 5.05. The number of amides is 1. The van der Waals surface area contributed by atoms with E-state index in [1.54, 1.807) is 0 Å². The number of nitrogens with zero attached hydrogens (tertiary/aromatic N) is 1. The van der Waals surface area contributed by atoms with E-state index in [0.29, 0.717) is 38.1 Å². The van der Waals surface area contributed by atoms with Crippen LogP contribution in [-0.4, -0.2) is 50.2 Å². The Bertz CT molecular complexity index is 766. The lowest BCUT2D eigenvalue weighted by Crippen LogP contribution is -2.40. The number of hydrogen-bond acceptors (Lipinski definition) is 3. The van der Waals surface area contributed by atoms with Crippen molar-refractivity contribution in [1.82, 2.24) is 10.2 Å². The summed E-state index contributed by atoms with van der Waals surface area (Å²) >= 11 is 0. The van der Waals surface area contributed by atoms with Crippen LogP contribution in [0.2, 0.25) is 0 Å². The number of benzene rings is 2. The predicted molar refractivity (Wildman–Crippen MR) is 103 cm³/mol. The van der Waals surface area contributed by atoms with Gasteiger partial charge in [0.2, 0.25) is 0 Å². The van der Waals surface area contributed by atoms with Crippen LogP contribution in [0.5, 0.6) is 0 Å². The van der Waals surface area contributed by atoms with Gasteiger partial charge in [0.25, 0.3) is 5.91 Å². The molecular weight excluding hydrogens is 324 g/mol. The summed E-state index contributed by atoms with van der Waals surface area (Å²) in [4.78, 5) is 14.5. The van der Waals surface area contributed by atoms with Crippen molar-refractivity contribution in [1.29, 1.82) is 0 Å². The van der Waals surface area contributed by atoms with Gasteiger partial charge in [0, 0.05) is 31.1 Å². The van der Waals surface area contributed by atoms with Gasteiger partial charge in [0.15, 0.2) is 0 Å². The highest BCUT2D eigenvalue weighted by Crippen LogP contribution is 2.35. The third kappa shape index (κ3) is 3.39. The van der Waals surface area contributed by atoms with Crippen LogP contribution >= 0.6 is 0 Å². The molecule has 1 amide bonds. The largest absolute Gasteiger partial charge is 0.378 e. The van der Waals surface area contributed by atoms with Gasteiger partial charge in [-0.25, -0.2) is 0 Å². The van der Waals surface area contributed by atoms with Crippen LogP contribution < -0.4 is 5.32 Å². The molecule has 2 unspecified atom stereocenters. The zero-order valence-corrected chi connectivity index (χ0v) is 15.3. The minimum absolute atomic E-state index is 0.0988. The lowest BCUT2D eigenvalue weighted by molar-refractivity contribution is 0.0303. The lowest BCUT2D eigenvalue weighted by atomic mass is 9.85. The van der Waals surface area contributed by atoms with E-state index in [1.807, 2.05) is 17.0 Å². The third-order valence-corrected chi connectivity index (χ3v) is 5.62. The molecular formula is C22H26N2O2. The fourth-order valence-electron chi connectivity index (χ4n) is 4.05. The predicted octanol–water partition coefficient (Wildman–Crippen LogP) is 3.15. The molecule has 2 aromatic rings. The Labute approximate surface area is 155 Å². The van der Waals surface area contributed by atoms with Crippen LogP contribution in [0.15, 0.2) is 48.5 Å². The zero-order valence-electron chi connectivity index (χ0n) is 15.3. The molecule has 4 heteroatoms. The number of carbonyl (C=O) groups excluding carboxylic acids is 1. The normalized spacial score (nSPS) is 23.2. The summed E-state index contributed by atoms with van der Waals surface area (Å²) in [7, 11) is 0. The highest BCUT2D eigenvalue weighted by molar-refractivity contribution is 5.94. The number of carbonyl (C=O) groups is 1. The van der Waals surface area contributed by atoms with Gasteiger partial charge in [-0.05, 0) is 41.3 Å². The van der Waals surface area contributed by atoms with Gasteiger partial charge in [0.05, 0.1) is 13.2 Å². The highest BCUT2D eigenvalue weighted by atomic mass is 16.5. The van der Waals surface area contributed by atoms with E-state index in [4.69, 9.17) is 4.74 Å². The van der Waals surface area contributed by atoms with Crippen LogP contribution in [-0.2, 0) is 4.74 Å². The van der Waals surface area contributed by atoms with Crippen LogP contribution in [0.3, 0.4) is 0 Å². The maximum absolute atomic E-state index is 12.6. The van der Waals surface area contributed by atoms with E-state index in [2.05, 4.69) is 48.6 Å². The number of morpholine rings is 1. The Hall–Kier alpha value is -2.17. The molecule has 4 nitrogen and oxygen atoms in total. The van der Waals surface area contributed by atoms with Crippen molar-refractivity contribution in [2.75, 3.05) is 39.4 Å². The maximum atomic E-state index is 12.6. The maximum Gasteiger partial charge on any atom is 0.254 e. The SMILES string of the molecule is CC1CNCC1c1ccccc1-c1ccc(C(=O)N2CCOCC2)cc1. The minimum Gasteiger partial charge on any atom is -0.378 e. The van der Waals surface area contributed by atoms with E-state index in [9.17, 15) is 4.79 Å². The van der Waals surface area contributed by atoms with Gasteiger partial charge in [-0.3, -0.25) is 4.79 Å². The summed E-state index contributed by atoms with van der Waals surface area (Å²) < 4.78 is 5.33. The van der Waals surface area contributed by atoms with Gasteiger partial charge in [-0.1, -0.05) is 43.3 Å². The van der Waals surface area contributed by atoms with Crippen LogP contribution in [0, 0.1) is 5.92 Å². The highest BCUT2D eigenvalue weighted by Gasteiger charge is 2.26. The van der Waals surface area contributed by atoms with E-state index in [1.165, 1.54) is 16.7 Å². The number of nitrogens with one attached hydrogen (secondary N) is 1. The lowest BCUT2D eigenvalue weighted by Gasteiger charge is -2.27. The second kappa shape index (κ2) is 7.60. The molecule has 2 saturated heterocycles. The molecule has 26 heavy (non-hydrogen) atoms. The first kappa shape index (κ1) is 17.3. The first-order valence-corrected chi connectivity index (χ1v) is 9.51. The van der Waals surface area contributed by atoms with Crippen LogP contribution in [0.4, 0.5) is 0 Å². The smallest absolute Gasteiger partial charge is 0.254 e.